The SMILES string of the molecule is CC(C)(C)N1CCN(C(=O)Nc2ccc(Cl)c(C(F)(F)F)c2)CC1. The number of nitrogens with zero attached hydrogens (tertiary/aromatic N) is 2. The highest BCUT2D eigenvalue weighted by Gasteiger charge is 2.34. The average Bonchev–Trinajstić information content (AvgIpc) is 2.47. The topological polar surface area (TPSA) is 35.6 Å². The molecule has 1 aliphatic rings. The van der Waals surface area contributed by atoms with Gasteiger partial charge in [-0.05, 0) is 39.0 Å². The fraction of sp³-hybridized carbons (Fsp3) is 0.562. The minimum atomic E-state index is -4.56. The van der Waals surface area contributed by atoms with E-state index in [4.69, 9.17) is 11.6 Å². The molecule has 1 aromatic rings. The van der Waals surface area contributed by atoms with Crippen LogP contribution in [0.15, 0.2) is 18.2 Å². The predicted molar refractivity (Wildman–Crippen MR) is 88.4 cm³/mol. The van der Waals surface area contributed by atoms with Gasteiger partial charge < -0.3 is 10.2 Å². The van der Waals surface area contributed by atoms with Crippen LogP contribution < -0.4 is 5.32 Å². The molecule has 1 aromatic carbocycles. The van der Waals surface area contributed by atoms with Gasteiger partial charge in [-0.1, -0.05) is 11.6 Å². The first-order valence-corrected chi connectivity index (χ1v) is 8.04. The van der Waals surface area contributed by atoms with Crippen molar-refractivity contribution in [2.75, 3.05) is 31.5 Å². The molecule has 0 aliphatic carbocycles. The van der Waals surface area contributed by atoms with E-state index in [1.165, 1.54) is 6.07 Å². The number of benzene rings is 1. The summed E-state index contributed by atoms with van der Waals surface area (Å²) in [6, 6.07) is 2.95. The molecule has 24 heavy (non-hydrogen) atoms. The Bertz CT molecular complexity index is 606. The molecule has 1 saturated heterocycles. The summed E-state index contributed by atoms with van der Waals surface area (Å²) in [5.41, 5.74) is -0.852. The largest absolute Gasteiger partial charge is 0.417 e. The number of piperazine rings is 1. The molecule has 0 radical (unpaired) electrons. The van der Waals surface area contributed by atoms with E-state index in [0.717, 1.165) is 25.2 Å². The van der Waals surface area contributed by atoms with Gasteiger partial charge in [0, 0.05) is 37.4 Å². The zero-order chi connectivity index (χ0) is 18.1. The van der Waals surface area contributed by atoms with E-state index in [0.29, 0.717) is 13.1 Å². The molecule has 2 rings (SSSR count). The number of nitrogens with one attached hydrogen (secondary N) is 1. The highest BCUT2D eigenvalue weighted by molar-refractivity contribution is 6.31. The third-order valence-electron chi connectivity index (χ3n) is 4.04. The van der Waals surface area contributed by atoms with Gasteiger partial charge in [0.1, 0.15) is 0 Å². The molecule has 1 fully saturated rings. The highest BCUT2D eigenvalue weighted by atomic mass is 35.5. The summed E-state index contributed by atoms with van der Waals surface area (Å²) in [6.07, 6.45) is -4.56. The van der Waals surface area contributed by atoms with Gasteiger partial charge >= 0.3 is 12.2 Å². The molecule has 134 valence electrons. The van der Waals surface area contributed by atoms with Crippen LogP contribution in [-0.4, -0.2) is 47.5 Å². The standard InChI is InChI=1S/C16H21ClF3N3O/c1-15(2,3)23-8-6-22(7-9-23)14(24)21-11-4-5-13(17)12(10-11)16(18,19)20/h4-5,10H,6-9H2,1-3H3,(H,21,24). The number of rotatable bonds is 1. The Morgan fingerprint density at radius 3 is 2.21 bits per heavy atom. The van der Waals surface area contributed by atoms with Gasteiger partial charge in [0.15, 0.2) is 0 Å². The zero-order valence-electron chi connectivity index (χ0n) is 13.9. The molecule has 1 N–H and O–H groups in total. The van der Waals surface area contributed by atoms with Crippen LogP contribution in [0.3, 0.4) is 0 Å². The van der Waals surface area contributed by atoms with Crippen molar-refractivity contribution in [3.8, 4) is 0 Å². The van der Waals surface area contributed by atoms with E-state index < -0.39 is 17.8 Å². The number of hydrogen-bond donors (Lipinski definition) is 1. The van der Waals surface area contributed by atoms with Crippen LogP contribution in [0.4, 0.5) is 23.7 Å². The lowest BCUT2D eigenvalue weighted by Gasteiger charge is -2.42. The van der Waals surface area contributed by atoms with Gasteiger partial charge in [-0.25, -0.2) is 4.79 Å². The van der Waals surface area contributed by atoms with Crippen LogP contribution in [0.5, 0.6) is 0 Å². The average molecular weight is 364 g/mol. The fourth-order valence-corrected chi connectivity index (χ4v) is 2.83. The van der Waals surface area contributed by atoms with Crippen molar-refractivity contribution < 1.29 is 18.0 Å². The summed E-state index contributed by atoms with van der Waals surface area (Å²) in [7, 11) is 0. The van der Waals surface area contributed by atoms with E-state index >= 15 is 0 Å². The lowest BCUT2D eigenvalue weighted by molar-refractivity contribution is -0.137. The lowest BCUT2D eigenvalue weighted by Crippen LogP contribution is -2.55. The van der Waals surface area contributed by atoms with Crippen molar-refractivity contribution in [2.45, 2.75) is 32.5 Å². The van der Waals surface area contributed by atoms with Crippen molar-refractivity contribution in [2.24, 2.45) is 0 Å². The van der Waals surface area contributed by atoms with Crippen molar-refractivity contribution in [3.63, 3.8) is 0 Å². The number of halogens is 4. The molecule has 2 amide bonds. The van der Waals surface area contributed by atoms with Crippen LogP contribution in [0.25, 0.3) is 0 Å². The molecular weight excluding hydrogens is 343 g/mol. The molecule has 0 bridgehead atoms. The molecular formula is C16H21ClF3N3O. The van der Waals surface area contributed by atoms with Crippen molar-refractivity contribution in [1.29, 1.82) is 0 Å². The smallest absolute Gasteiger partial charge is 0.322 e. The van der Waals surface area contributed by atoms with Crippen LogP contribution in [0.1, 0.15) is 26.3 Å². The number of carbonyl (C=O) groups excluding carboxylic acids is 1. The van der Waals surface area contributed by atoms with Gasteiger partial charge in [0.05, 0.1) is 10.6 Å². The monoisotopic (exact) mass is 363 g/mol. The molecule has 1 heterocycles. The number of carbonyl (C=O) groups is 1. The maximum absolute atomic E-state index is 12.9. The Balaban J connectivity index is 2.01. The van der Waals surface area contributed by atoms with E-state index in [1.54, 1.807) is 4.90 Å². The Hall–Kier alpha value is -1.47. The first kappa shape index (κ1) is 18.9. The van der Waals surface area contributed by atoms with Gasteiger partial charge in [-0.2, -0.15) is 13.2 Å². The number of hydrogen-bond acceptors (Lipinski definition) is 2. The second-order valence-corrected chi connectivity index (χ2v) is 7.17. The molecule has 0 aromatic heterocycles. The Kier molecular flexibility index (Phi) is 5.34. The summed E-state index contributed by atoms with van der Waals surface area (Å²) in [5, 5.41) is 2.13. The summed E-state index contributed by atoms with van der Waals surface area (Å²) < 4.78 is 38.6. The second-order valence-electron chi connectivity index (χ2n) is 6.77. The summed E-state index contributed by atoms with van der Waals surface area (Å²) in [6.45, 7) is 8.83. The number of anilines is 1. The number of urea groups is 1. The molecule has 0 spiro atoms. The lowest BCUT2D eigenvalue weighted by atomic mass is 10.1. The van der Waals surface area contributed by atoms with Gasteiger partial charge in [0.25, 0.3) is 0 Å². The quantitative estimate of drug-likeness (QED) is 0.807. The van der Waals surface area contributed by atoms with Gasteiger partial charge in [-0.15, -0.1) is 0 Å². The van der Waals surface area contributed by atoms with E-state index in [1.807, 2.05) is 0 Å². The minimum absolute atomic E-state index is 0.0281. The third kappa shape index (κ3) is 4.54. The summed E-state index contributed by atoms with van der Waals surface area (Å²) in [4.78, 5) is 16.1. The highest BCUT2D eigenvalue weighted by Crippen LogP contribution is 2.36. The van der Waals surface area contributed by atoms with Crippen LogP contribution in [0.2, 0.25) is 5.02 Å². The van der Waals surface area contributed by atoms with Gasteiger partial charge in [-0.3, -0.25) is 4.90 Å². The predicted octanol–water partition coefficient (Wildman–Crippen LogP) is 4.31. The van der Waals surface area contributed by atoms with Crippen molar-refractivity contribution in [3.05, 3.63) is 28.8 Å². The fourth-order valence-electron chi connectivity index (χ4n) is 2.60. The maximum Gasteiger partial charge on any atom is 0.417 e. The summed E-state index contributed by atoms with van der Waals surface area (Å²) in [5.74, 6) is 0. The first-order chi connectivity index (χ1) is 11.0. The van der Waals surface area contributed by atoms with Crippen molar-refractivity contribution >= 4 is 23.3 Å². The van der Waals surface area contributed by atoms with E-state index in [2.05, 4.69) is 31.0 Å². The Morgan fingerprint density at radius 2 is 1.71 bits per heavy atom. The Labute approximate surface area is 144 Å². The number of alkyl halides is 3. The van der Waals surface area contributed by atoms with E-state index in [9.17, 15) is 18.0 Å². The van der Waals surface area contributed by atoms with Crippen LogP contribution >= 0.6 is 11.6 Å². The van der Waals surface area contributed by atoms with E-state index in [-0.39, 0.29) is 16.2 Å². The molecule has 1 aliphatic heterocycles. The summed E-state index contributed by atoms with van der Waals surface area (Å²) >= 11 is 5.58. The normalized spacial score (nSPS) is 17.0. The third-order valence-corrected chi connectivity index (χ3v) is 4.37. The molecule has 4 nitrogen and oxygen atoms in total. The second kappa shape index (κ2) is 6.80. The first-order valence-electron chi connectivity index (χ1n) is 7.66. The van der Waals surface area contributed by atoms with Crippen LogP contribution in [0, 0.1) is 0 Å². The molecule has 0 atom stereocenters. The molecule has 8 heteroatoms. The van der Waals surface area contributed by atoms with Crippen LogP contribution in [-0.2, 0) is 6.18 Å². The zero-order valence-corrected chi connectivity index (χ0v) is 14.6. The molecule has 0 unspecified atom stereocenters. The molecule has 0 saturated carbocycles. The van der Waals surface area contributed by atoms with Crippen molar-refractivity contribution in [1.82, 2.24) is 9.80 Å². The van der Waals surface area contributed by atoms with Gasteiger partial charge in [0.2, 0.25) is 0 Å². The number of amides is 2. The minimum Gasteiger partial charge on any atom is -0.322 e. The maximum atomic E-state index is 12.9. The Morgan fingerprint density at radius 1 is 1.12 bits per heavy atom.